The number of amides is 1. The van der Waals surface area contributed by atoms with E-state index in [1.54, 1.807) is 29.5 Å². The van der Waals surface area contributed by atoms with Crippen molar-refractivity contribution in [2.24, 2.45) is 5.92 Å². The summed E-state index contributed by atoms with van der Waals surface area (Å²) in [6.07, 6.45) is 2.31. The van der Waals surface area contributed by atoms with Crippen LogP contribution in [-0.4, -0.2) is 10.9 Å². The number of thiazole rings is 1. The number of hydrogen-bond donors (Lipinski definition) is 1. The highest BCUT2D eigenvalue weighted by atomic mass is 32.1. The molecule has 0 aliphatic heterocycles. The van der Waals surface area contributed by atoms with Gasteiger partial charge in [0.15, 0.2) is 0 Å². The monoisotopic (exact) mass is 276 g/mol. The van der Waals surface area contributed by atoms with Crippen molar-refractivity contribution < 1.29 is 9.18 Å². The van der Waals surface area contributed by atoms with Gasteiger partial charge in [0.1, 0.15) is 5.82 Å². The number of halogens is 1. The first kappa shape index (κ1) is 12.3. The van der Waals surface area contributed by atoms with E-state index >= 15 is 0 Å². The quantitative estimate of drug-likeness (QED) is 0.916. The fourth-order valence-corrected chi connectivity index (χ4v) is 3.22. The van der Waals surface area contributed by atoms with Gasteiger partial charge in [-0.3, -0.25) is 4.79 Å². The molecule has 1 amide bonds. The van der Waals surface area contributed by atoms with Gasteiger partial charge >= 0.3 is 0 Å². The molecule has 1 aromatic carbocycles. The van der Waals surface area contributed by atoms with Crippen molar-refractivity contribution in [1.29, 1.82) is 0 Å². The van der Waals surface area contributed by atoms with Crippen molar-refractivity contribution in [2.45, 2.75) is 19.3 Å². The van der Waals surface area contributed by atoms with Crippen LogP contribution in [0.5, 0.6) is 0 Å². The van der Waals surface area contributed by atoms with Crippen molar-refractivity contribution >= 4 is 22.9 Å². The number of para-hydroxylation sites is 1. The van der Waals surface area contributed by atoms with Gasteiger partial charge < -0.3 is 5.32 Å². The number of rotatable bonds is 2. The summed E-state index contributed by atoms with van der Waals surface area (Å²) in [7, 11) is 0. The first-order chi connectivity index (χ1) is 9.24. The number of anilines is 1. The summed E-state index contributed by atoms with van der Waals surface area (Å²) in [4.78, 5) is 17.6. The van der Waals surface area contributed by atoms with E-state index in [1.165, 1.54) is 10.9 Å². The molecule has 19 heavy (non-hydrogen) atoms. The SMILES string of the molecule is O=C(Nc1ccccc1F)C1CCc2ncsc2C1. The summed E-state index contributed by atoms with van der Waals surface area (Å²) < 4.78 is 13.5. The third-order valence-corrected chi connectivity index (χ3v) is 4.29. The minimum Gasteiger partial charge on any atom is -0.323 e. The Morgan fingerprint density at radius 3 is 3.11 bits per heavy atom. The number of carbonyl (C=O) groups excluding carboxylic acids is 1. The zero-order valence-electron chi connectivity index (χ0n) is 10.2. The van der Waals surface area contributed by atoms with Crippen LogP contribution in [0.2, 0.25) is 0 Å². The smallest absolute Gasteiger partial charge is 0.227 e. The number of nitrogens with one attached hydrogen (secondary N) is 1. The van der Waals surface area contributed by atoms with E-state index in [9.17, 15) is 9.18 Å². The van der Waals surface area contributed by atoms with E-state index in [4.69, 9.17) is 0 Å². The van der Waals surface area contributed by atoms with Gasteiger partial charge in [-0.1, -0.05) is 12.1 Å². The zero-order chi connectivity index (χ0) is 13.2. The van der Waals surface area contributed by atoms with Crippen LogP contribution in [0.1, 0.15) is 17.0 Å². The van der Waals surface area contributed by atoms with Crippen molar-refractivity contribution in [1.82, 2.24) is 4.98 Å². The third-order valence-electron chi connectivity index (χ3n) is 3.39. The van der Waals surface area contributed by atoms with E-state index in [-0.39, 0.29) is 17.5 Å². The summed E-state index contributed by atoms with van der Waals surface area (Å²) in [6, 6.07) is 6.24. The van der Waals surface area contributed by atoms with Crippen LogP contribution >= 0.6 is 11.3 Å². The molecule has 1 aliphatic rings. The first-order valence-corrected chi connectivity index (χ1v) is 7.08. The second-order valence-corrected chi connectivity index (χ2v) is 5.57. The van der Waals surface area contributed by atoms with Crippen LogP contribution in [-0.2, 0) is 17.6 Å². The van der Waals surface area contributed by atoms with E-state index in [1.807, 2.05) is 5.51 Å². The van der Waals surface area contributed by atoms with Gasteiger partial charge in [0.25, 0.3) is 0 Å². The Labute approximate surface area is 114 Å². The molecule has 1 atom stereocenters. The average molecular weight is 276 g/mol. The number of nitrogens with zero attached hydrogens (tertiary/aromatic N) is 1. The number of hydrogen-bond acceptors (Lipinski definition) is 3. The Morgan fingerprint density at radius 2 is 2.26 bits per heavy atom. The van der Waals surface area contributed by atoms with Crippen molar-refractivity contribution in [3.63, 3.8) is 0 Å². The number of carbonyl (C=O) groups is 1. The lowest BCUT2D eigenvalue weighted by molar-refractivity contribution is -0.120. The number of fused-ring (bicyclic) bond motifs is 1. The molecule has 3 nitrogen and oxygen atoms in total. The Morgan fingerprint density at radius 1 is 1.42 bits per heavy atom. The molecule has 1 N–H and O–H groups in total. The number of aryl methyl sites for hydroxylation is 1. The Kier molecular flexibility index (Phi) is 3.29. The molecule has 98 valence electrons. The molecule has 1 heterocycles. The van der Waals surface area contributed by atoms with Crippen LogP contribution in [0.15, 0.2) is 29.8 Å². The summed E-state index contributed by atoms with van der Waals surface area (Å²) in [5.41, 5.74) is 3.18. The standard InChI is InChI=1S/C14H13FN2OS/c15-10-3-1-2-4-11(10)17-14(18)9-5-6-12-13(7-9)19-8-16-12/h1-4,8-9H,5-7H2,(H,17,18). The third kappa shape index (κ3) is 2.51. The van der Waals surface area contributed by atoms with Gasteiger partial charge in [-0.05, 0) is 31.4 Å². The van der Waals surface area contributed by atoms with E-state index in [0.29, 0.717) is 6.42 Å². The van der Waals surface area contributed by atoms with Crippen molar-refractivity contribution in [2.75, 3.05) is 5.32 Å². The molecule has 0 spiro atoms. The van der Waals surface area contributed by atoms with E-state index in [2.05, 4.69) is 10.3 Å². The molecule has 1 unspecified atom stereocenters. The Hall–Kier alpha value is -1.75. The Bertz CT molecular complexity index is 611. The van der Waals surface area contributed by atoms with Gasteiger partial charge in [-0.2, -0.15) is 0 Å². The lowest BCUT2D eigenvalue weighted by Crippen LogP contribution is -2.28. The molecule has 1 aromatic heterocycles. The van der Waals surface area contributed by atoms with Crippen molar-refractivity contribution in [3.05, 3.63) is 46.2 Å². The summed E-state index contributed by atoms with van der Waals surface area (Å²) in [5, 5.41) is 2.67. The normalized spacial score (nSPS) is 17.8. The van der Waals surface area contributed by atoms with Gasteiger partial charge in [0.05, 0.1) is 16.9 Å². The lowest BCUT2D eigenvalue weighted by Gasteiger charge is -2.20. The lowest BCUT2D eigenvalue weighted by atomic mass is 9.90. The maximum absolute atomic E-state index is 13.5. The van der Waals surface area contributed by atoms with Crippen LogP contribution in [0.4, 0.5) is 10.1 Å². The minimum atomic E-state index is -0.398. The summed E-state index contributed by atoms with van der Waals surface area (Å²) in [6.45, 7) is 0. The van der Waals surface area contributed by atoms with E-state index in [0.717, 1.165) is 18.5 Å². The largest absolute Gasteiger partial charge is 0.323 e. The van der Waals surface area contributed by atoms with Crippen LogP contribution in [0.25, 0.3) is 0 Å². The predicted molar refractivity (Wildman–Crippen MR) is 72.7 cm³/mol. The molecule has 0 saturated heterocycles. The molecule has 0 fully saturated rings. The molecule has 0 saturated carbocycles. The first-order valence-electron chi connectivity index (χ1n) is 6.20. The maximum atomic E-state index is 13.5. The average Bonchev–Trinajstić information content (AvgIpc) is 2.88. The highest BCUT2D eigenvalue weighted by Crippen LogP contribution is 2.28. The minimum absolute atomic E-state index is 0.0902. The predicted octanol–water partition coefficient (Wildman–Crippen LogP) is 3.03. The summed E-state index contributed by atoms with van der Waals surface area (Å²) >= 11 is 1.59. The van der Waals surface area contributed by atoms with Gasteiger partial charge in [-0.15, -0.1) is 11.3 Å². The van der Waals surface area contributed by atoms with Gasteiger partial charge in [0, 0.05) is 10.8 Å². The molecular formula is C14H13FN2OS. The summed E-state index contributed by atoms with van der Waals surface area (Å²) in [5.74, 6) is -0.596. The van der Waals surface area contributed by atoms with Crippen molar-refractivity contribution in [3.8, 4) is 0 Å². The molecule has 3 rings (SSSR count). The molecule has 5 heteroatoms. The number of aromatic nitrogens is 1. The van der Waals surface area contributed by atoms with Gasteiger partial charge in [0.2, 0.25) is 5.91 Å². The van der Waals surface area contributed by atoms with Crippen LogP contribution in [0.3, 0.4) is 0 Å². The van der Waals surface area contributed by atoms with Crippen LogP contribution in [0, 0.1) is 11.7 Å². The topological polar surface area (TPSA) is 42.0 Å². The highest BCUT2D eigenvalue weighted by Gasteiger charge is 2.26. The molecule has 0 radical (unpaired) electrons. The fraction of sp³-hybridized carbons (Fsp3) is 0.286. The van der Waals surface area contributed by atoms with E-state index < -0.39 is 5.82 Å². The fourth-order valence-electron chi connectivity index (χ4n) is 2.32. The van der Waals surface area contributed by atoms with Gasteiger partial charge in [-0.25, -0.2) is 9.37 Å². The molecule has 1 aliphatic carbocycles. The molecular weight excluding hydrogens is 263 g/mol. The number of benzene rings is 1. The molecule has 2 aromatic rings. The van der Waals surface area contributed by atoms with Crippen LogP contribution < -0.4 is 5.32 Å². The second kappa shape index (κ2) is 5.09. The Balaban J connectivity index is 1.71. The molecule has 0 bridgehead atoms. The highest BCUT2D eigenvalue weighted by molar-refractivity contribution is 7.09. The zero-order valence-corrected chi connectivity index (χ0v) is 11.0. The maximum Gasteiger partial charge on any atom is 0.227 e. The second-order valence-electron chi connectivity index (χ2n) is 4.63.